The van der Waals surface area contributed by atoms with Gasteiger partial charge in [-0.05, 0) is 30.2 Å². The summed E-state index contributed by atoms with van der Waals surface area (Å²) in [7, 11) is 0. The third kappa shape index (κ3) is 4.52. The van der Waals surface area contributed by atoms with E-state index in [1.165, 1.54) is 23.1 Å². The van der Waals surface area contributed by atoms with Crippen molar-refractivity contribution in [2.45, 2.75) is 43.9 Å². The molecule has 0 spiro atoms. The van der Waals surface area contributed by atoms with E-state index in [4.69, 9.17) is 11.6 Å². The van der Waals surface area contributed by atoms with Crippen molar-refractivity contribution >= 4 is 35.1 Å². The molecule has 1 fully saturated rings. The Kier molecular flexibility index (Phi) is 6.15. The van der Waals surface area contributed by atoms with Gasteiger partial charge in [-0.25, -0.2) is 4.39 Å². The highest BCUT2D eigenvalue weighted by molar-refractivity contribution is 6.30. The Morgan fingerprint density at radius 2 is 1.97 bits per heavy atom. The first kappa shape index (κ1) is 23.8. The second-order valence-electron chi connectivity index (χ2n) is 8.01. The number of imide groups is 1. The van der Waals surface area contributed by atoms with Crippen molar-refractivity contribution in [3.05, 3.63) is 63.7 Å². The van der Waals surface area contributed by atoms with Crippen LogP contribution in [0.1, 0.15) is 57.2 Å². The van der Waals surface area contributed by atoms with Crippen molar-refractivity contribution in [2.75, 3.05) is 0 Å². The Balaban J connectivity index is 1.56. The molecule has 34 heavy (non-hydrogen) atoms. The average Bonchev–Trinajstić information content (AvgIpc) is 3.07. The molecular weight excluding hydrogens is 482 g/mol. The topological polar surface area (TPSA) is 96.4 Å². The van der Waals surface area contributed by atoms with Crippen molar-refractivity contribution in [3.63, 3.8) is 0 Å². The summed E-state index contributed by atoms with van der Waals surface area (Å²) in [6, 6.07) is 3.63. The Morgan fingerprint density at radius 1 is 1.24 bits per heavy atom. The van der Waals surface area contributed by atoms with E-state index in [0.29, 0.717) is 11.6 Å². The van der Waals surface area contributed by atoms with Crippen LogP contribution in [0.15, 0.2) is 30.5 Å². The molecule has 1 aromatic carbocycles. The number of benzene rings is 1. The number of aromatic nitrogens is 1. The SMILES string of the molecule is O=C1CC[C@H](N2Cc3cc(C(=O)C[C@H](c4ncc(Cl)cc4F)C(F)(F)F)ccc3C2=O)C(=O)N1. The third-order valence-corrected chi connectivity index (χ3v) is 6.00. The van der Waals surface area contributed by atoms with E-state index >= 15 is 0 Å². The molecule has 3 heterocycles. The van der Waals surface area contributed by atoms with Gasteiger partial charge >= 0.3 is 6.18 Å². The maximum absolute atomic E-state index is 14.1. The Hall–Kier alpha value is -3.34. The number of rotatable bonds is 5. The van der Waals surface area contributed by atoms with E-state index in [-0.39, 0.29) is 35.5 Å². The maximum Gasteiger partial charge on any atom is 0.397 e. The van der Waals surface area contributed by atoms with Crippen LogP contribution in [0.4, 0.5) is 17.6 Å². The normalized spacial score (nSPS) is 19.1. The molecule has 0 unspecified atom stereocenters. The van der Waals surface area contributed by atoms with Gasteiger partial charge in [-0.3, -0.25) is 29.5 Å². The van der Waals surface area contributed by atoms with Crippen LogP contribution in [0.25, 0.3) is 0 Å². The molecule has 2 aliphatic rings. The van der Waals surface area contributed by atoms with Crippen LogP contribution in [-0.4, -0.2) is 45.6 Å². The van der Waals surface area contributed by atoms with E-state index in [1.54, 1.807) is 0 Å². The summed E-state index contributed by atoms with van der Waals surface area (Å²) in [6.45, 7) is -0.0440. The lowest BCUT2D eigenvalue weighted by molar-refractivity contribution is -0.151. The number of carbonyl (C=O) groups is 4. The number of alkyl halides is 3. The van der Waals surface area contributed by atoms with E-state index in [0.717, 1.165) is 6.20 Å². The summed E-state index contributed by atoms with van der Waals surface area (Å²) < 4.78 is 55.1. The number of nitrogens with zero attached hydrogens (tertiary/aromatic N) is 2. The fourth-order valence-corrected chi connectivity index (χ4v) is 4.24. The van der Waals surface area contributed by atoms with Gasteiger partial charge < -0.3 is 4.90 Å². The number of ketones is 1. The molecule has 7 nitrogen and oxygen atoms in total. The zero-order chi connectivity index (χ0) is 24.8. The lowest BCUT2D eigenvalue weighted by Crippen LogP contribution is -2.52. The second kappa shape index (κ2) is 8.79. The molecule has 2 aromatic rings. The van der Waals surface area contributed by atoms with Crippen molar-refractivity contribution < 1.29 is 36.7 Å². The summed E-state index contributed by atoms with van der Waals surface area (Å²) in [6.07, 6.45) is -4.98. The summed E-state index contributed by atoms with van der Waals surface area (Å²) in [5, 5.41) is 1.98. The number of Topliss-reactive ketones (excluding diaryl/α,β-unsaturated/α-hetero) is 1. The first-order valence-corrected chi connectivity index (χ1v) is 10.5. The smallest absolute Gasteiger partial charge is 0.322 e. The van der Waals surface area contributed by atoms with Crippen molar-refractivity contribution in [3.8, 4) is 0 Å². The molecule has 1 saturated heterocycles. The molecule has 4 rings (SSSR count). The standard InChI is InChI=1S/C22H16ClF4N3O4/c23-12-6-15(24)19(28-8-12)14(22(25,26)27)7-17(31)10-1-2-13-11(5-10)9-30(21(13)34)16-3-4-18(32)29-20(16)33/h1-2,5-6,8,14,16H,3-4,7,9H2,(H,29,32,33)/t14-,16+/m1/s1. The summed E-state index contributed by atoms with van der Waals surface area (Å²) >= 11 is 5.56. The second-order valence-corrected chi connectivity index (χ2v) is 8.45. The van der Waals surface area contributed by atoms with Gasteiger partial charge in [0.25, 0.3) is 5.91 Å². The van der Waals surface area contributed by atoms with Crippen LogP contribution >= 0.6 is 11.6 Å². The highest BCUT2D eigenvalue weighted by Crippen LogP contribution is 2.39. The molecule has 3 amide bonds. The highest BCUT2D eigenvalue weighted by Gasteiger charge is 2.45. The van der Waals surface area contributed by atoms with Gasteiger partial charge in [-0.1, -0.05) is 17.7 Å². The predicted octanol–water partition coefficient (Wildman–Crippen LogP) is 3.55. The number of nitrogens with one attached hydrogen (secondary N) is 1. The van der Waals surface area contributed by atoms with Crippen LogP contribution in [0, 0.1) is 5.82 Å². The number of fused-ring (bicyclic) bond motifs is 1. The molecule has 1 aromatic heterocycles. The molecule has 2 aliphatic heterocycles. The number of hydrogen-bond donors (Lipinski definition) is 1. The van der Waals surface area contributed by atoms with Crippen molar-refractivity contribution in [1.29, 1.82) is 0 Å². The Morgan fingerprint density at radius 3 is 2.62 bits per heavy atom. The molecule has 12 heteroatoms. The zero-order valence-electron chi connectivity index (χ0n) is 17.3. The summed E-state index contributed by atoms with van der Waals surface area (Å²) in [5.41, 5.74) is -0.468. The molecule has 0 radical (unpaired) electrons. The lowest BCUT2D eigenvalue weighted by atomic mass is 9.93. The van der Waals surface area contributed by atoms with Crippen molar-refractivity contribution in [1.82, 2.24) is 15.2 Å². The molecule has 0 bridgehead atoms. The van der Waals surface area contributed by atoms with Gasteiger partial charge in [0.2, 0.25) is 11.8 Å². The maximum atomic E-state index is 14.1. The monoisotopic (exact) mass is 497 g/mol. The van der Waals surface area contributed by atoms with Crippen LogP contribution in [-0.2, 0) is 16.1 Å². The predicted molar refractivity (Wildman–Crippen MR) is 109 cm³/mol. The molecular formula is C22H16ClF4N3O4. The van der Waals surface area contributed by atoms with Gasteiger partial charge in [-0.15, -0.1) is 0 Å². The van der Waals surface area contributed by atoms with Crippen LogP contribution in [0.2, 0.25) is 5.02 Å². The van der Waals surface area contributed by atoms with Crippen LogP contribution in [0.5, 0.6) is 0 Å². The van der Waals surface area contributed by atoms with Gasteiger partial charge in [0.05, 0.1) is 10.7 Å². The minimum atomic E-state index is -4.95. The third-order valence-electron chi connectivity index (χ3n) is 5.80. The first-order valence-electron chi connectivity index (χ1n) is 10.1. The van der Waals surface area contributed by atoms with E-state index in [2.05, 4.69) is 10.3 Å². The summed E-state index contributed by atoms with van der Waals surface area (Å²) in [5.74, 6) is -6.23. The van der Waals surface area contributed by atoms with Gasteiger partial charge in [0.15, 0.2) is 5.78 Å². The van der Waals surface area contributed by atoms with Crippen LogP contribution in [0.3, 0.4) is 0 Å². The van der Waals surface area contributed by atoms with E-state index in [9.17, 15) is 36.7 Å². The van der Waals surface area contributed by atoms with E-state index in [1.807, 2.05) is 0 Å². The van der Waals surface area contributed by atoms with Crippen molar-refractivity contribution in [2.24, 2.45) is 0 Å². The first-order chi connectivity index (χ1) is 16.0. The summed E-state index contributed by atoms with van der Waals surface area (Å²) in [4.78, 5) is 53.7. The minimum Gasteiger partial charge on any atom is -0.322 e. The number of amides is 3. The Bertz CT molecular complexity index is 1220. The fraction of sp³-hybridized carbons (Fsp3) is 0.318. The molecule has 1 N–H and O–H groups in total. The number of pyridine rings is 1. The largest absolute Gasteiger partial charge is 0.397 e. The van der Waals surface area contributed by atoms with Crippen LogP contribution < -0.4 is 5.32 Å². The zero-order valence-corrected chi connectivity index (χ0v) is 18.0. The number of hydrogen-bond acceptors (Lipinski definition) is 5. The molecule has 2 atom stereocenters. The molecule has 0 aliphatic carbocycles. The number of carbonyl (C=O) groups excluding carboxylic acids is 4. The lowest BCUT2D eigenvalue weighted by Gasteiger charge is -2.29. The van der Waals surface area contributed by atoms with Gasteiger partial charge in [0.1, 0.15) is 17.8 Å². The number of halogens is 5. The molecule has 0 saturated carbocycles. The Labute approximate surface area is 195 Å². The minimum absolute atomic E-state index is 0.0440. The average molecular weight is 498 g/mol. The molecule has 178 valence electrons. The van der Waals surface area contributed by atoms with Gasteiger partial charge in [-0.2, -0.15) is 13.2 Å². The fourth-order valence-electron chi connectivity index (χ4n) is 4.10. The number of piperidine rings is 1. The highest BCUT2D eigenvalue weighted by atomic mass is 35.5. The van der Waals surface area contributed by atoms with E-state index < -0.39 is 59.6 Å². The quantitative estimate of drug-likeness (QED) is 0.387. The van der Waals surface area contributed by atoms with Gasteiger partial charge in [0, 0.05) is 36.7 Å².